The van der Waals surface area contributed by atoms with Crippen molar-refractivity contribution in [3.05, 3.63) is 12.2 Å². The SMILES string of the molecule is C=C(C)CCC(CC(C)CC)NCC. The third-order valence-electron chi connectivity index (χ3n) is 2.80. The summed E-state index contributed by atoms with van der Waals surface area (Å²) < 4.78 is 0. The van der Waals surface area contributed by atoms with Gasteiger partial charge in [0.1, 0.15) is 0 Å². The highest BCUT2D eigenvalue weighted by Gasteiger charge is 2.10. The Morgan fingerprint density at radius 1 is 1.36 bits per heavy atom. The van der Waals surface area contributed by atoms with Gasteiger partial charge in [-0.05, 0) is 38.6 Å². The maximum atomic E-state index is 3.96. The summed E-state index contributed by atoms with van der Waals surface area (Å²) in [5.41, 5.74) is 1.30. The largest absolute Gasteiger partial charge is 0.314 e. The second kappa shape index (κ2) is 8.05. The smallest absolute Gasteiger partial charge is 0.00725 e. The summed E-state index contributed by atoms with van der Waals surface area (Å²) in [6, 6.07) is 0.687. The summed E-state index contributed by atoms with van der Waals surface area (Å²) in [6.45, 7) is 14.0. The van der Waals surface area contributed by atoms with Crippen LogP contribution in [0.1, 0.15) is 53.4 Å². The van der Waals surface area contributed by atoms with E-state index in [-0.39, 0.29) is 0 Å². The molecule has 0 aromatic heterocycles. The maximum absolute atomic E-state index is 3.96. The first-order valence-electron chi connectivity index (χ1n) is 5.97. The minimum absolute atomic E-state index is 0.687. The van der Waals surface area contributed by atoms with Crippen LogP contribution in [0.3, 0.4) is 0 Å². The molecule has 0 aromatic carbocycles. The number of hydrogen-bond donors (Lipinski definition) is 1. The second-order valence-corrected chi connectivity index (χ2v) is 4.50. The molecule has 0 rings (SSSR count). The van der Waals surface area contributed by atoms with Gasteiger partial charge in [0.2, 0.25) is 0 Å². The van der Waals surface area contributed by atoms with Crippen LogP contribution < -0.4 is 5.32 Å². The van der Waals surface area contributed by atoms with Crippen molar-refractivity contribution in [1.29, 1.82) is 0 Å². The van der Waals surface area contributed by atoms with Gasteiger partial charge in [-0.15, -0.1) is 6.58 Å². The van der Waals surface area contributed by atoms with Crippen molar-refractivity contribution in [2.75, 3.05) is 6.54 Å². The number of nitrogens with one attached hydrogen (secondary N) is 1. The zero-order chi connectivity index (χ0) is 11.0. The lowest BCUT2D eigenvalue weighted by Gasteiger charge is -2.21. The molecule has 1 N–H and O–H groups in total. The highest BCUT2D eigenvalue weighted by Crippen LogP contribution is 2.15. The summed E-state index contributed by atoms with van der Waals surface area (Å²) in [4.78, 5) is 0. The number of hydrogen-bond acceptors (Lipinski definition) is 1. The van der Waals surface area contributed by atoms with E-state index in [4.69, 9.17) is 0 Å². The molecule has 0 aliphatic heterocycles. The molecule has 0 spiro atoms. The fourth-order valence-corrected chi connectivity index (χ4v) is 1.66. The molecule has 2 unspecified atom stereocenters. The molecule has 1 nitrogen and oxygen atoms in total. The van der Waals surface area contributed by atoms with Crippen LogP contribution in [0.4, 0.5) is 0 Å². The summed E-state index contributed by atoms with van der Waals surface area (Å²) >= 11 is 0. The Balaban J connectivity index is 3.82. The second-order valence-electron chi connectivity index (χ2n) is 4.50. The molecule has 0 amide bonds. The van der Waals surface area contributed by atoms with Crippen molar-refractivity contribution in [2.24, 2.45) is 5.92 Å². The third kappa shape index (κ3) is 7.14. The molecule has 0 bridgehead atoms. The quantitative estimate of drug-likeness (QED) is 0.584. The van der Waals surface area contributed by atoms with Crippen molar-refractivity contribution >= 4 is 0 Å². The molecular formula is C13H27N. The first-order chi connectivity index (χ1) is 6.60. The normalized spacial score (nSPS) is 15.1. The first kappa shape index (κ1) is 13.7. The molecule has 0 saturated carbocycles. The average Bonchev–Trinajstić information content (AvgIpc) is 2.14. The molecule has 0 aliphatic rings. The Kier molecular flexibility index (Phi) is 7.87. The van der Waals surface area contributed by atoms with Gasteiger partial charge in [-0.3, -0.25) is 0 Å². The van der Waals surface area contributed by atoms with E-state index in [1.54, 1.807) is 0 Å². The van der Waals surface area contributed by atoms with E-state index in [0.29, 0.717) is 6.04 Å². The van der Waals surface area contributed by atoms with Gasteiger partial charge < -0.3 is 5.32 Å². The van der Waals surface area contributed by atoms with Crippen molar-refractivity contribution in [3.63, 3.8) is 0 Å². The van der Waals surface area contributed by atoms with Gasteiger partial charge in [-0.1, -0.05) is 32.8 Å². The molecule has 0 aliphatic carbocycles. The van der Waals surface area contributed by atoms with Gasteiger partial charge in [0, 0.05) is 6.04 Å². The van der Waals surface area contributed by atoms with E-state index in [0.717, 1.165) is 18.9 Å². The lowest BCUT2D eigenvalue weighted by Crippen LogP contribution is -2.30. The Morgan fingerprint density at radius 3 is 2.43 bits per heavy atom. The summed E-state index contributed by atoms with van der Waals surface area (Å²) in [5, 5.41) is 3.56. The van der Waals surface area contributed by atoms with Gasteiger partial charge in [0.05, 0.1) is 0 Å². The third-order valence-corrected chi connectivity index (χ3v) is 2.80. The minimum Gasteiger partial charge on any atom is -0.314 e. The fraction of sp³-hybridized carbons (Fsp3) is 0.846. The monoisotopic (exact) mass is 197 g/mol. The zero-order valence-electron chi connectivity index (χ0n) is 10.4. The molecular weight excluding hydrogens is 170 g/mol. The Morgan fingerprint density at radius 2 is 2.00 bits per heavy atom. The molecule has 2 atom stereocenters. The van der Waals surface area contributed by atoms with E-state index >= 15 is 0 Å². The van der Waals surface area contributed by atoms with Gasteiger partial charge in [0.15, 0.2) is 0 Å². The van der Waals surface area contributed by atoms with Crippen LogP contribution in [0.15, 0.2) is 12.2 Å². The van der Waals surface area contributed by atoms with Gasteiger partial charge >= 0.3 is 0 Å². The van der Waals surface area contributed by atoms with Gasteiger partial charge in [-0.2, -0.15) is 0 Å². The molecule has 84 valence electrons. The molecule has 0 aromatic rings. The molecule has 0 heterocycles. The van der Waals surface area contributed by atoms with Crippen LogP contribution in [0, 0.1) is 5.92 Å². The van der Waals surface area contributed by atoms with E-state index in [9.17, 15) is 0 Å². The van der Waals surface area contributed by atoms with E-state index < -0.39 is 0 Å². The number of rotatable bonds is 8. The molecule has 0 saturated heterocycles. The van der Waals surface area contributed by atoms with Crippen LogP contribution in [0.25, 0.3) is 0 Å². The first-order valence-corrected chi connectivity index (χ1v) is 5.97. The lowest BCUT2D eigenvalue weighted by molar-refractivity contribution is 0.382. The standard InChI is InChI=1S/C13H27N/c1-6-12(5)10-13(14-7-2)9-8-11(3)4/h12-14H,3,6-10H2,1-2,4-5H3. The van der Waals surface area contributed by atoms with Crippen molar-refractivity contribution in [2.45, 2.75) is 59.4 Å². The molecule has 0 fully saturated rings. The van der Waals surface area contributed by atoms with Crippen molar-refractivity contribution in [1.82, 2.24) is 5.32 Å². The summed E-state index contributed by atoms with van der Waals surface area (Å²) in [5.74, 6) is 0.837. The highest BCUT2D eigenvalue weighted by molar-refractivity contribution is 4.89. The van der Waals surface area contributed by atoms with Crippen LogP contribution in [0.5, 0.6) is 0 Å². The van der Waals surface area contributed by atoms with Crippen molar-refractivity contribution in [3.8, 4) is 0 Å². The van der Waals surface area contributed by atoms with Gasteiger partial charge in [0.25, 0.3) is 0 Å². The van der Waals surface area contributed by atoms with Crippen LogP contribution in [-0.4, -0.2) is 12.6 Å². The van der Waals surface area contributed by atoms with Gasteiger partial charge in [-0.25, -0.2) is 0 Å². The highest BCUT2D eigenvalue weighted by atomic mass is 14.9. The average molecular weight is 197 g/mol. The van der Waals surface area contributed by atoms with Crippen LogP contribution in [0.2, 0.25) is 0 Å². The van der Waals surface area contributed by atoms with Crippen molar-refractivity contribution < 1.29 is 0 Å². The topological polar surface area (TPSA) is 12.0 Å². The molecule has 14 heavy (non-hydrogen) atoms. The van der Waals surface area contributed by atoms with Crippen LogP contribution in [-0.2, 0) is 0 Å². The van der Waals surface area contributed by atoms with E-state index in [2.05, 4.69) is 39.6 Å². The zero-order valence-corrected chi connectivity index (χ0v) is 10.4. The molecule has 0 radical (unpaired) electrons. The predicted octanol–water partition coefficient (Wildman–Crippen LogP) is 3.76. The summed E-state index contributed by atoms with van der Waals surface area (Å²) in [6.07, 6.45) is 4.99. The van der Waals surface area contributed by atoms with Crippen LogP contribution >= 0.6 is 0 Å². The fourth-order valence-electron chi connectivity index (χ4n) is 1.66. The Hall–Kier alpha value is -0.300. The summed E-state index contributed by atoms with van der Waals surface area (Å²) in [7, 11) is 0. The number of allylic oxidation sites excluding steroid dienone is 1. The lowest BCUT2D eigenvalue weighted by atomic mass is 9.95. The predicted molar refractivity (Wildman–Crippen MR) is 65.6 cm³/mol. The van der Waals surface area contributed by atoms with E-state index in [1.165, 1.54) is 24.8 Å². The Labute approximate surface area is 90.0 Å². The van der Waals surface area contributed by atoms with E-state index in [1.807, 2.05) is 0 Å². The Bertz CT molecular complexity index is 151. The minimum atomic E-state index is 0.687. The maximum Gasteiger partial charge on any atom is 0.00725 e. The molecule has 1 heteroatoms.